The Balaban J connectivity index is 0.00000235. The third-order valence-corrected chi connectivity index (χ3v) is 6.79. The quantitative estimate of drug-likeness (QED) is 0.128. The first-order chi connectivity index (χ1) is 17.8. The molecular weight excluding hydrogens is 478 g/mol. The molecule has 2 fully saturated rings. The number of aryl methyl sites for hydroxylation is 1. The van der Waals surface area contributed by atoms with Gasteiger partial charge >= 0.3 is 6.03 Å². The summed E-state index contributed by atoms with van der Waals surface area (Å²) in [5.41, 5.74) is 6.82. The van der Waals surface area contributed by atoms with E-state index in [1.54, 1.807) is 4.90 Å². The maximum atomic E-state index is 12.9. The minimum atomic E-state index is -1.12. The van der Waals surface area contributed by atoms with Crippen molar-refractivity contribution in [3.63, 3.8) is 0 Å². The highest BCUT2D eigenvalue weighted by Gasteiger charge is 2.42. The molecule has 0 aromatic heterocycles. The Morgan fingerprint density at radius 3 is 2.43 bits per heavy atom. The highest BCUT2D eigenvalue weighted by Crippen LogP contribution is 2.22. The van der Waals surface area contributed by atoms with Crippen molar-refractivity contribution in [2.45, 2.75) is 63.2 Å². The van der Waals surface area contributed by atoms with Crippen molar-refractivity contribution < 1.29 is 24.6 Å². The molecule has 12 nitrogen and oxygen atoms in total. The summed E-state index contributed by atoms with van der Waals surface area (Å²) < 4.78 is 0. The van der Waals surface area contributed by atoms with Gasteiger partial charge in [0, 0.05) is 38.8 Å². The summed E-state index contributed by atoms with van der Waals surface area (Å²) in [4.78, 5) is 41.2. The van der Waals surface area contributed by atoms with Gasteiger partial charge in [0.15, 0.2) is 5.96 Å². The molecule has 1 unspecified atom stereocenters. The summed E-state index contributed by atoms with van der Waals surface area (Å²) in [7, 11) is 1.00. The van der Waals surface area contributed by atoms with Crippen LogP contribution in [0, 0.1) is 5.41 Å². The molecular formula is C25H41N7O5. The fraction of sp³-hybridized carbons (Fsp3) is 0.600. The number of guanidine groups is 1. The Morgan fingerprint density at radius 1 is 1.14 bits per heavy atom. The molecule has 4 atom stereocenters. The Kier molecular flexibility index (Phi) is 12.1. The van der Waals surface area contributed by atoms with Crippen molar-refractivity contribution >= 4 is 23.8 Å². The number of rotatable bonds is 9. The van der Waals surface area contributed by atoms with Crippen LogP contribution < -0.4 is 21.7 Å². The van der Waals surface area contributed by atoms with Crippen LogP contribution in [0.15, 0.2) is 30.3 Å². The van der Waals surface area contributed by atoms with Crippen LogP contribution in [0.1, 0.15) is 38.2 Å². The fourth-order valence-electron chi connectivity index (χ4n) is 4.61. The number of hydrogen-bond acceptors (Lipinski definition) is 6. The first kappa shape index (κ1) is 29.8. The second kappa shape index (κ2) is 15.0. The second-order valence-electron chi connectivity index (χ2n) is 9.14. The molecule has 0 saturated carbocycles. The molecule has 2 aliphatic rings. The smallest absolute Gasteiger partial charge is 0.315 e. The number of nitrogens with two attached hydrogens (primary N) is 1. The second-order valence-corrected chi connectivity index (χ2v) is 9.14. The molecule has 1 aromatic rings. The molecule has 0 aliphatic carbocycles. The Morgan fingerprint density at radius 2 is 1.84 bits per heavy atom. The Hall–Kier alpha value is -3.38. The van der Waals surface area contributed by atoms with Gasteiger partial charge in [-0.3, -0.25) is 15.0 Å². The van der Waals surface area contributed by atoms with Gasteiger partial charge in [0.2, 0.25) is 11.8 Å². The highest BCUT2D eigenvalue weighted by molar-refractivity contribution is 5.93. The molecule has 4 amide bonds. The van der Waals surface area contributed by atoms with Crippen LogP contribution in [0.3, 0.4) is 0 Å². The van der Waals surface area contributed by atoms with E-state index in [2.05, 4.69) is 16.0 Å². The minimum Gasteiger partial charge on any atom is -0.400 e. The molecule has 12 heteroatoms. The van der Waals surface area contributed by atoms with E-state index in [9.17, 15) is 19.5 Å². The summed E-state index contributed by atoms with van der Waals surface area (Å²) in [6.07, 6.45) is 3.64. The van der Waals surface area contributed by atoms with Gasteiger partial charge in [-0.1, -0.05) is 30.3 Å². The summed E-state index contributed by atoms with van der Waals surface area (Å²) in [6.45, 7) is 2.84. The maximum Gasteiger partial charge on any atom is 0.315 e. The molecule has 0 radical (unpaired) electrons. The molecule has 206 valence electrons. The zero-order valence-electron chi connectivity index (χ0n) is 21.7. The number of carbonyl (C=O) groups excluding carboxylic acids is 3. The van der Waals surface area contributed by atoms with Crippen LogP contribution in [0.4, 0.5) is 4.79 Å². The third kappa shape index (κ3) is 8.32. The van der Waals surface area contributed by atoms with E-state index in [0.29, 0.717) is 26.1 Å². The first-order valence-electron chi connectivity index (χ1n) is 12.7. The zero-order chi connectivity index (χ0) is 27.4. The number of amides is 4. The fourth-order valence-corrected chi connectivity index (χ4v) is 4.61. The van der Waals surface area contributed by atoms with Gasteiger partial charge in [0.25, 0.3) is 0 Å². The Bertz CT molecular complexity index is 901. The summed E-state index contributed by atoms with van der Waals surface area (Å²) in [5.74, 6) is -0.776. The average Bonchev–Trinajstić information content (AvgIpc) is 2.87. The zero-order valence-corrected chi connectivity index (χ0v) is 21.7. The van der Waals surface area contributed by atoms with Crippen LogP contribution in [0.25, 0.3) is 0 Å². The lowest BCUT2D eigenvalue weighted by molar-refractivity contribution is -0.150. The summed E-state index contributed by atoms with van der Waals surface area (Å²) >= 11 is 0. The van der Waals surface area contributed by atoms with Crippen molar-refractivity contribution in [1.82, 2.24) is 25.8 Å². The number of hydrogen-bond donors (Lipinski definition) is 7. The number of benzene rings is 1. The molecule has 8 N–H and O–H groups in total. The van der Waals surface area contributed by atoms with E-state index in [-0.39, 0.29) is 24.0 Å². The molecule has 3 rings (SSSR count). The molecule has 2 heterocycles. The number of aliphatic hydroxyl groups is 2. The van der Waals surface area contributed by atoms with Crippen molar-refractivity contribution in [3.8, 4) is 0 Å². The van der Waals surface area contributed by atoms with Gasteiger partial charge in [0.05, 0.1) is 6.61 Å². The van der Waals surface area contributed by atoms with E-state index in [1.807, 2.05) is 37.3 Å². The molecule has 2 aliphatic heterocycles. The van der Waals surface area contributed by atoms with Crippen molar-refractivity contribution in [2.75, 3.05) is 33.4 Å². The van der Waals surface area contributed by atoms with Crippen LogP contribution in [0.2, 0.25) is 0 Å². The lowest BCUT2D eigenvalue weighted by Crippen LogP contribution is -2.66. The molecule has 37 heavy (non-hydrogen) atoms. The number of piperidine rings is 1. The van der Waals surface area contributed by atoms with Crippen LogP contribution in [-0.2, 0) is 16.0 Å². The lowest BCUT2D eigenvalue weighted by Gasteiger charge is -2.44. The predicted octanol–water partition coefficient (Wildman–Crippen LogP) is -0.649. The van der Waals surface area contributed by atoms with Crippen LogP contribution >= 0.6 is 0 Å². The highest BCUT2D eigenvalue weighted by atomic mass is 16.3. The van der Waals surface area contributed by atoms with Gasteiger partial charge in [-0.15, -0.1) is 0 Å². The summed E-state index contributed by atoms with van der Waals surface area (Å²) in [5, 5.41) is 32.6. The van der Waals surface area contributed by atoms with E-state index in [4.69, 9.17) is 16.2 Å². The van der Waals surface area contributed by atoms with Gasteiger partial charge in [-0.2, -0.15) is 0 Å². The van der Waals surface area contributed by atoms with Crippen LogP contribution in [0.5, 0.6) is 0 Å². The average molecular weight is 520 g/mol. The SMILES string of the molecule is CC1[C@@H](NC(=O)[C@@H]2CCN2C(=O)[C@@H](CO)NC(=O)NCCCc2ccccc2)CCCN1C(=N)N.CO. The number of aliphatic hydroxyl groups excluding tert-OH is 2. The van der Waals surface area contributed by atoms with Crippen LogP contribution in [-0.4, -0.2) is 101 Å². The number of carbonyl (C=O) groups is 3. The minimum absolute atomic E-state index is 0.0212. The van der Waals surface area contributed by atoms with Gasteiger partial charge in [-0.05, 0) is 44.6 Å². The number of nitrogens with one attached hydrogen (secondary N) is 4. The van der Waals surface area contributed by atoms with E-state index >= 15 is 0 Å². The monoisotopic (exact) mass is 519 g/mol. The normalized spacial score (nSPS) is 21.5. The Labute approximate surface area is 218 Å². The topological polar surface area (TPSA) is 184 Å². The van der Waals surface area contributed by atoms with Crippen molar-refractivity contribution in [2.24, 2.45) is 5.73 Å². The summed E-state index contributed by atoms with van der Waals surface area (Å²) in [6, 6.07) is 7.33. The van der Waals surface area contributed by atoms with Gasteiger partial charge in [-0.25, -0.2) is 4.79 Å². The largest absolute Gasteiger partial charge is 0.400 e. The third-order valence-electron chi connectivity index (χ3n) is 6.79. The number of likely N-dealkylation sites (tertiary alicyclic amines) is 2. The molecule has 2 saturated heterocycles. The molecule has 1 aromatic carbocycles. The first-order valence-corrected chi connectivity index (χ1v) is 12.7. The number of nitrogens with zero attached hydrogens (tertiary/aromatic N) is 2. The van der Waals surface area contributed by atoms with Crippen molar-refractivity contribution in [3.05, 3.63) is 35.9 Å². The van der Waals surface area contributed by atoms with E-state index in [1.165, 1.54) is 10.5 Å². The molecule has 0 spiro atoms. The molecule has 0 bridgehead atoms. The standard InChI is InChI=1S/C24H37N7O4.CH4O/c1-16-18(10-6-13-30(16)23(25)26)28-21(33)20-11-14-31(20)22(34)19(15-32)29-24(35)27-12-5-9-17-7-3-2-4-8-17;1-2/h2-4,7-8,16,18-20,32H,5-6,9-15H2,1H3,(H3,25,26)(H,28,33)(H2,27,29,35);2H,1H3/t16?,18-,19+,20-;/m0./s1. The van der Waals surface area contributed by atoms with Crippen molar-refractivity contribution in [1.29, 1.82) is 5.41 Å². The van der Waals surface area contributed by atoms with Gasteiger partial charge in [0.1, 0.15) is 12.1 Å². The van der Waals surface area contributed by atoms with Gasteiger partial charge < -0.3 is 41.7 Å². The number of urea groups is 1. The van der Waals surface area contributed by atoms with E-state index < -0.39 is 30.6 Å². The lowest BCUT2D eigenvalue weighted by atomic mass is 9.95. The maximum absolute atomic E-state index is 12.9. The van der Waals surface area contributed by atoms with E-state index in [0.717, 1.165) is 32.8 Å². The predicted molar refractivity (Wildman–Crippen MR) is 140 cm³/mol.